The zero-order valence-electron chi connectivity index (χ0n) is 16.9. The van der Waals surface area contributed by atoms with Gasteiger partial charge in [0.2, 0.25) is 10.0 Å². The molecule has 0 spiro atoms. The standard InChI is InChI=1S/C20H23ClN4O3S/c1-12-6-9-18(28-5)15(10-12)13(2)22-20-19(21)23-16-8-7-14(11-17(16)24-20)29(26,27)25(3)4/h6-11,13H,1-5H3,(H,22,24)/t13-/m1/s1. The molecule has 3 rings (SSSR count). The Bertz CT molecular complexity index is 1170. The number of aryl methyl sites for hydroxylation is 1. The van der Waals surface area contributed by atoms with Crippen molar-refractivity contribution in [2.75, 3.05) is 26.5 Å². The Balaban J connectivity index is 2.01. The summed E-state index contributed by atoms with van der Waals surface area (Å²) in [6.07, 6.45) is 0. The largest absolute Gasteiger partial charge is 0.496 e. The molecule has 0 aliphatic carbocycles. The molecule has 2 aromatic carbocycles. The number of halogens is 1. The van der Waals surface area contributed by atoms with Crippen LogP contribution < -0.4 is 10.1 Å². The van der Waals surface area contributed by atoms with Gasteiger partial charge in [0.05, 0.1) is 29.1 Å². The van der Waals surface area contributed by atoms with Crippen molar-refractivity contribution in [1.29, 1.82) is 0 Å². The number of benzene rings is 2. The molecule has 0 saturated heterocycles. The highest BCUT2D eigenvalue weighted by Crippen LogP contribution is 2.31. The molecule has 1 N–H and O–H groups in total. The SMILES string of the molecule is COc1ccc(C)cc1[C@@H](C)Nc1nc2cc(S(=O)(=O)N(C)C)ccc2nc1Cl. The second kappa shape index (κ2) is 8.14. The number of methoxy groups -OCH3 is 1. The number of aromatic nitrogens is 2. The Morgan fingerprint density at radius 3 is 2.48 bits per heavy atom. The van der Waals surface area contributed by atoms with Crippen LogP contribution in [0.15, 0.2) is 41.3 Å². The highest BCUT2D eigenvalue weighted by atomic mass is 35.5. The van der Waals surface area contributed by atoms with Gasteiger partial charge in [-0.2, -0.15) is 0 Å². The van der Waals surface area contributed by atoms with Gasteiger partial charge in [-0.15, -0.1) is 0 Å². The third-order valence-electron chi connectivity index (χ3n) is 4.58. The van der Waals surface area contributed by atoms with Gasteiger partial charge in [-0.05, 0) is 38.1 Å². The van der Waals surface area contributed by atoms with Crippen LogP contribution in [0.3, 0.4) is 0 Å². The Morgan fingerprint density at radius 2 is 1.83 bits per heavy atom. The lowest BCUT2D eigenvalue weighted by molar-refractivity contribution is 0.408. The zero-order valence-corrected chi connectivity index (χ0v) is 18.5. The average molecular weight is 435 g/mol. The van der Waals surface area contributed by atoms with E-state index in [1.165, 1.54) is 26.2 Å². The van der Waals surface area contributed by atoms with Crippen molar-refractivity contribution in [3.05, 3.63) is 52.7 Å². The summed E-state index contributed by atoms with van der Waals surface area (Å²) in [4.78, 5) is 9.02. The second-order valence-corrected chi connectivity index (χ2v) is 9.42. The van der Waals surface area contributed by atoms with E-state index in [0.29, 0.717) is 16.9 Å². The monoisotopic (exact) mass is 434 g/mol. The molecule has 0 fully saturated rings. The molecular formula is C20H23ClN4O3S. The number of nitrogens with one attached hydrogen (secondary N) is 1. The molecule has 29 heavy (non-hydrogen) atoms. The van der Waals surface area contributed by atoms with Crippen molar-refractivity contribution in [3.63, 3.8) is 0 Å². The van der Waals surface area contributed by atoms with Crippen LogP contribution in [0.25, 0.3) is 11.0 Å². The minimum atomic E-state index is -3.58. The summed E-state index contributed by atoms with van der Waals surface area (Å²) < 4.78 is 31.4. The second-order valence-electron chi connectivity index (χ2n) is 6.91. The first-order chi connectivity index (χ1) is 13.6. The quantitative estimate of drug-likeness (QED) is 0.630. The van der Waals surface area contributed by atoms with Crippen molar-refractivity contribution < 1.29 is 13.2 Å². The van der Waals surface area contributed by atoms with Crippen molar-refractivity contribution in [1.82, 2.24) is 14.3 Å². The molecule has 0 aliphatic heterocycles. The van der Waals surface area contributed by atoms with Crippen LogP contribution in [0.5, 0.6) is 5.75 Å². The summed E-state index contributed by atoms with van der Waals surface area (Å²) in [5.74, 6) is 1.12. The number of rotatable bonds is 6. The average Bonchev–Trinajstić information content (AvgIpc) is 2.67. The van der Waals surface area contributed by atoms with E-state index in [2.05, 4.69) is 15.3 Å². The number of hydrogen-bond donors (Lipinski definition) is 1. The van der Waals surface area contributed by atoms with E-state index in [-0.39, 0.29) is 16.1 Å². The molecule has 0 saturated carbocycles. The fourth-order valence-corrected chi connectivity index (χ4v) is 4.06. The van der Waals surface area contributed by atoms with Crippen molar-refractivity contribution in [3.8, 4) is 5.75 Å². The van der Waals surface area contributed by atoms with E-state index in [4.69, 9.17) is 16.3 Å². The van der Waals surface area contributed by atoms with Crippen LogP contribution in [-0.4, -0.2) is 43.9 Å². The molecule has 1 heterocycles. The predicted octanol–water partition coefficient (Wildman–Crippen LogP) is 4.02. The number of sulfonamides is 1. The minimum Gasteiger partial charge on any atom is -0.496 e. The molecule has 1 aromatic heterocycles. The van der Waals surface area contributed by atoms with Crippen LogP contribution in [0.2, 0.25) is 5.15 Å². The molecule has 7 nitrogen and oxygen atoms in total. The summed E-state index contributed by atoms with van der Waals surface area (Å²) in [7, 11) is 1.01. The van der Waals surface area contributed by atoms with E-state index in [1.54, 1.807) is 13.2 Å². The van der Waals surface area contributed by atoms with Gasteiger partial charge >= 0.3 is 0 Å². The topological polar surface area (TPSA) is 84.4 Å². The minimum absolute atomic E-state index is 0.144. The van der Waals surface area contributed by atoms with Crippen LogP contribution in [0.1, 0.15) is 24.1 Å². The van der Waals surface area contributed by atoms with E-state index in [1.807, 2.05) is 32.0 Å². The predicted molar refractivity (Wildman–Crippen MR) is 115 cm³/mol. The molecular weight excluding hydrogens is 412 g/mol. The highest BCUT2D eigenvalue weighted by Gasteiger charge is 2.19. The van der Waals surface area contributed by atoms with Gasteiger partial charge in [-0.1, -0.05) is 29.3 Å². The van der Waals surface area contributed by atoms with E-state index in [0.717, 1.165) is 21.2 Å². The normalized spacial score (nSPS) is 12.9. The molecule has 154 valence electrons. The smallest absolute Gasteiger partial charge is 0.242 e. The number of anilines is 1. The molecule has 0 radical (unpaired) electrons. The van der Waals surface area contributed by atoms with Crippen LogP contribution in [0.4, 0.5) is 5.82 Å². The van der Waals surface area contributed by atoms with Gasteiger partial charge in [0.1, 0.15) is 5.75 Å². The molecule has 3 aromatic rings. The first-order valence-corrected chi connectivity index (χ1v) is 10.8. The van der Waals surface area contributed by atoms with Crippen LogP contribution in [-0.2, 0) is 10.0 Å². The number of fused-ring (bicyclic) bond motifs is 1. The summed E-state index contributed by atoms with van der Waals surface area (Å²) in [5.41, 5.74) is 3.00. The van der Waals surface area contributed by atoms with Gasteiger partial charge < -0.3 is 10.1 Å². The van der Waals surface area contributed by atoms with Crippen molar-refractivity contribution >= 4 is 38.5 Å². The summed E-state index contributed by atoms with van der Waals surface area (Å²) in [5, 5.41) is 3.46. The lowest BCUT2D eigenvalue weighted by Crippen LogP contribution is -2.22. The van der Waals surface area contributed by atoms with E-state index < -0.39 is 10.0 Å². The Kier molecular flexibility index (Phi) is 5.97. The summed E-state index contributed by atoms with van der Waals surface area (Å²) in [6, 6.07) is 10.3. The third kappa shape index (κ3) is 4.29. The number of ether oxygens (including phenoxy) is 1. The lowest BCUT2D eigenvalue weighted by Gasteiger charge is -2.19. The fourth-order valence-electron chi connectivity index (χ4n) is 2.95. The molecule has 0 amide bonds. The van der Waals surface area contributed by atoms with Gasteiger partial charge in [0.15, 0.2) is 11.0 Å². The van der Waals surface area contributed by atoms with Gasteiger partial charge in [0.25, 0.3) is 0 Å². The maximum atomic E-state index is 12.4. The molecule has 0 aliphatic rings. The van der Waals surface area contributed by atoms with Crippen molar-refractivity contribution in [2.24, 2.45) is 0 Å². The zero-order chi connectivity index (χ0) is 21.3. The Labute approximate surface area is 175 Å². The fraction of sp³-hybridized carbons (Fsp3) is 0.300. The van der Waals surface area contributed by atoms with Gasteiger partial charge in [0, 0.05) is 19.7 Å². The summed E-state index contributed by atoms with van der Waals surface area (Å²) >= 11 is 6.33. The molecule has 9 heteroatoms. The van der Waals surface area contributed by atoms with Crippen LogP contribution >= 0.6 is 11.6 Å². The maximum absolute atomic E-state index is 12.4. The Morgan fingerprint density at radius 1 is 1.10 bits per heavy atom. The lowest BCUT2D eigenvalue weighted by atomic mass is 10.0. The summed E-state index contributed by atoms with van der Waals surface area (Å²) in [6.45, 7) is 3.97. The van der Waals surface area contributed by atoms with E-state index in [9.17, 15) is 8.42 Å². The number of nitrogens with zero attached hydrogens (tertiary/aromatic N) is 3. The number of hydrogen-bond acceptors (Lipinski definition) is 6. The molecule has 0 bridgehead atoms. The Hall–Kier alpha value is -2.42. The van der Waals surface area contributed by atoms with Crippen molar-refractivity contribution in [2.45, 2.75) is 24.8 Å². The van der Waals surface area contributed by atoms with E-state index >= 15 is 0 Å². The molecule has 1 atom stereocenters. The molecule has 0 unspecified atom stereocenters. The first-order valence-electron chi connectivity index (χ1n) is 8.94. The highest BCUT2D eigenvalue weighted by molar-refractivity contribution is 7.89. The van der Waals surface area contributed by atoms with Gasteiger partial charge in [-0.3, -0.25) is 0 Å². The first kappa shape index (κ1) is 21.3. The van der Waals surface area contributed by atoms with Crippen LogP contribution in [0, 0.1) is 6.92 Å². The maximum Gasteiger partial charge on any atom is 0.242 e. The third-order valence-corrected chi connectivity index (χ3v) is 6.65. The van der Waals surface area contributed by atoms with Gasteiger partial charge in [-0.25, -0.2) is 22.7 Å².